The molecule has 1 aromatic carbocycles. The van der Waals surface area contributed by atoms with Crippen molar-refractivity contribution >= 4 is 17.7 Å². The van der Waals surface area contributed by atoms with Crippen LogP contribution in [-0.2, 0) is 14.3 Å². The molecule has 9 nitrogen and oxygen atoms in total. The van der Waals surface area contributed by atoms with Gasteiger partial charge in [0.2, 0.25) is 0 Å². The molecule has 2 heterocycles. The molecule has 2 unspecified atom stereocenters. The lowest BCUT2D eigenvalue weighted by molar-refractivity contribution is -0.160. The number of likely N-dealkylation sites (tertiary alicyclic amines) is 1. The number of hydrogen-bond donors (Lipinski definition) is 2. The Kier molecular flexibility index (Phi) is 7.55. The topological polar surface area (TPSA) is 107 Å². The van der Waals surface area contributed by atoms with Crippen LogP contribution in [-0.4, -0.2) is 71.7 Å². The second kappa shape index (κ2) is 9.90. The molecule has 1 aromatic rings. The standard InChI is InChI=1S/C25H38N2O7/c1-23(2,3)33-21(28)13-17-15-27(22(29)34-24(4,5)6)10-9-25(17,30)16-26-18-7-8-19-20(14-18)32-12-11-31-19/h7-8,14,17,26,30H,9-13,15-16H2,1-6H3. The van der Waals surface area contributed by atoms with Crippen molar-refractivity contribution in [2.75, 3.05) is 38.2 Å². The van der Waals surface area contributed by atoms with Gasteiger partial charge in [0.15, 0.2) is 11.5 Å². The molecule has 0 aliphatic carbocycles. The lowest BCUT2D eigenvalue weighted by atomic mass is 9.78. The van der Waals surface area contributed by atoms with E-state index >= 15 is 0 Å². The summed E-state index contributed by atoms with van der Waals surface area (Å²) in [7, 11) is 0. The van der Waals surface area contributed by atoms with Crippen molar-refractivity contribution in [2.45, 2.75) is 71.2 Å². The Hall–Kier alpha value is -2.68. The molecule has 34 heavy (non-hydrogen) atoms. The first-order valence-corrected chi connectivity index (χ1v) is 11.8. The third-order valence-electron chi connectivity index (χ3n) is 5.64. The molecule has 9 heteroatoms. The molecule has 2 aliphatic rings. The molecule has 0 aromatic heterocycles. The largest absolute Gasteiger partial charge is 0.486 e. The van der Waals surface area contributed by atoms with Gasteiger partial charge in [0.1, 0.15) is 24.4 Å². The van der Waals surface area contributed by atoms with Gasteiger partial charge in [-0.05, 0) is 60.1 Å². The van der Waals surface area contributed by atoms with Gasteiger partial charge >= 0.3 is 12.1 Å². The molecule has 2 N–H and O–H groups in total. The number of piperidine rings is 1. The van der Waals surface area contributed by atoms with E-state index in [4.69, 9.17) is 18.9 Å². The summed E-state index contributed by atoms with van der Waals surface area (Å²) in [6, 6.07) is 5.51. The number of fused-ring (bicyclic) bond motifs is 1. The van der Waals surface area contributed by atoms with E-state index in [1.807, 2.05) is 18.2 Å². The Labute approximate surface area is 201 Å². The number of amides is 1. The van der Waals surface area contributed by atoms with Gasteiger partial charge in [-0.25, -0.2) is 4.79 Å². The highest BCUT2D eigenvalue weighted by atomic mass is 16.6. The van der Waals surface area contributed by atoms with Crippen LogP contribution in [0, 0.1) is 5.92 Å². The van der Waals surface area contributed by atoms with Crippen molar-refractivity contribution in [3.05, 3.63) is 18.2 Å². The first-order chi connectivity index (χ1) is 15.7. The number of aliphatic hydroxyl groups is 1. The normalized spacial score (nSPS) is 22.7. The SMILES string of the molecule is CC(C)(C)OC(=O)CC1CN(C(=O)OC(C)(C)C)CCC1(O)CNc1ccc2c(c1)OCCO2. The first-order valence-electron chi connectivity index (χ1n) is 11.8. The van der Waals surface area contributed by atoms with Gasteiger partial charge in [0.25, 0.3) is 0 Å². The molecule has 1 fully saturated rings. The van der Waals surface area contributed by atoms with E-state index in [0.29, 0.717) is 31.3 Å². The molecular weight excluding hydrogens is 440 g/mol. The molecule has 2 aliphatic heterocycles. The van der Waals surface area contributed by atoms with Gasteiger partial charge in [-0.15, -0.1) is 0 Å². The minimum absolute atomic E-state index is 0.0180. The molecule has 0 bridgehead atoms. The van der Waals surface area contributed by atoms with Crippen molar-refractivity contribution in [3.8, 4) is 11.5 Å². The number of nitrogens with one attached hydrogen (secondary N) is 1. The molecule has 2 atom stereocenters. The number of anilines is 1. The van der Waals surface area contributed by atoms with Crippen LogP contribution in [0.25, 0.3) is 0 Å². The number of ether oxygens (including phenoxy) is 4. The number of rotatable bonds is 5. The maximum Gasteiger partial charge on any atom is 0.410 e. The Morgan fingerprint density at radius 3 is 2.38 bits per heavy atom. The molecule has 190 valence electrons. The number of esters is 1. The van der Waals surface area contributed by atoms with Gasteiger partial charge in [0.05, 0.1) is 12.0 Å². The number of carbonyl (C=O) groups excluding carboxylic acids is 2. The van der Waals surface area contributed by atoms with Gasteiger partial charge < -0.3 is 34.3 Å². The average molecular weight is 479 g/mol. The monoisotopic (exact) mass is 478 g/mol. The highest BCUT2D eigenvalue weighted by Crippen LogP contribution is 2.35. The Morgan fingerprint density at radius 1 is 1.09 bits per heavy atom. The van der Waals surface area contributed by atoms with Gasteiger partial charge in [-0.3, -0.25) is 4.79 Å². The molecule has 0 radical (unpaired) electrons. The summed E-state index contributed by atoms with van der Waals surface area (Å²) in [5, 5.41) is 14.9. The number of carbonyl (C=O) groups is 2. The first kappa shape index (κ1) is 25.9. The van der Waals surface area contributed by atoms with Crippen molar-refractivity contribution in [2.24, 2.45) is 5.92 Å². The quantitative estimate of drug-likeness (QED) is 0.619. The second-order valence-corrected chi connectivity index (χ2v) is 11.0. The number of benzene rings is 1. The van der Waals surface area contributed by atoms with E-state index in [1.54, 1.807) is 46.4 Å². The van der Waals surface area contributed by atoms with Crippen LogP contribution in [0.4, 0.5) is 10.5 Å². The summed E-state index contributed by atoms with van der Waals surface area (Å²) in [4.78, 5) is 26.9. The number of hydrogen-bond acceptors (Lipinski definition) is 8. The zero-order valence-electron chi connectivity index (χ0n) is 21.1. The number of nitrogens with zero attached hydrogens (tertiary/aromatic N) is 1. The zero-order valence-corrected chi connectivity index (χ0v) is 21.1. The van der Waals surface area contributed by atoms with Gasteiger partial charge in [0, 0.05) is 37.3 Å². The summed E-state index contributed by atoms with van der Waals surface area (Å²) in [5.74, 6) is 0.381. The minimum Gasteiger partial charge on any atom is -0.486 e. The third-order valence-corrected chi connectivity index (χ3v) is 5.64. The summed E-state index contributed by atoms with van der Waals surface area (Å²) in [6.07, 6.45) is -0.184. The van der Waals surface area contributed by atoms with E-state index in [1.165, 1.54) is 0 Å². The van der Waals surface area contributed by atoms with E-state index in [0.717, 1.165) is 5.69 Å². The highest BCUT2D eigenvalue weighted by Gasteiger charge is 2.45. The summed E-state index contributed by atoms with van der Waals surface area (Å²) < 4.78 is 22.2. The molecule has 1 saturated heterocycles. The third kappa shape index (κ3) is 7.16. The van der Waals surface area contributed by atoms with Crippen LogP contribution in [0.3, 0.4) is 0 Å². The van der Waals surface area contributed by atoms with Crippen LogP contribution in [0.1, 0.15) is 54.4 Å². The molecule has 0 saturated carbocycles. The van der Waals surface area contributed by atoms with Crippen LogP contribution in [0.5, 0.6) is 11.5 Å². The van der Waals surface area contributed by atoms with Crippen molar-refractivity contribution in [3.63, 3.8) is 0 Å². The highest BCUT2D eigenvalue weighted by molar-refractivity contribution is 5.71. The summed E-state index contributed by atoms with van der Waals surface area (Å²) >= 11 is 0. The van der Waals surface area contributed by atoms with E-state index in [9.17, 15) is 14.7 Å². The van der Waals surface area contributed by atoms with E-state index in [2.05, 4.69) is 5.32 Å². The molecule has 1 amide bonds. The Balaban J connectivity index is 1.73. The molecule has 0 spiro atoms. The Bertz CT molecular complexity index is 890. The summed E-state index contributed by atoms with van der Waals surface area (Å²) in [6.45, 7) is 12.5. The van der Waals surface area contributed by atoms with Crippen molar-refractivity contribution in [1.29, 1.82) is 0 Å². The van der Waals surface area contributed by atoms with Gasteiger partial charge in [-0.2, -0.15) is 0 Å². The maximum absolute atomic E-state index is 12.7. The lowest BCUT2D eigenvalue weighted by Gasteiger charge is -2.44. The van der Waals surface area contributed by atoms with E-state index in [-0.39, 0.29) is 25.9 Å². The predicted molar refractivity (Wildman–Crippen MR) is 127 cm³/mol. The van der Waals surface area contributed by atoms with Crippen LogP contribution in [0.2, 0.25) is 0 Å². The van der Waals surface area contributed by atoms with Gasteiger partial charge in [-0.1, -0.05) is 0 Å². The molecule has 3 rings (SSSR count). The fourth-order valence-electron chi connectivity index (χ4n) is 4.03. The maximum atomic E-state index is 12.7. The van der Waals surface area contributed by atoms with Crippen molar-refractivity contribution < 1.29 is 33.6 Å². The zero-order chi connectivity index (χ0) is 25.1. The van der Waals surface area contributed by atoms with Crippen molar-refractivity contribution in [1.82, 2.24) is 4.90 Å². The average Bonchev–Trinajstić information content (AvgIpc) is 2.71. The molecular formula is C25H38N2O7. The Morgan fingerprint density at radius 2 is 1.74 bits per heavy atom. The minimum atomic E-state index is -1.23. The fraction of sp³-hybridized carbons (Fsp3) is 0.680. The predicted octanol–water partition coefficient (Wildman–Crippen LogP) is 3.59. The second-order valence-electron chi connectivity index (χ2n) is 11.0. The van der Waals surface area contributed by atoms with Crippen LogP contribution < -0.4 is 14.8 Å². The lowest BCUT2D eigenvalue weighted by Crippen LogP contribution is -2.57. The van der Waals surface area contributed by atoms with Crippen LogP contribution >= 0.6 is 0 Å². The fourth-order valence-corrected chi connectivity index (χ4v) is 4.03. The van der Waals surface area contributed by atoms with Crippen LogP contribution in [0.15, 0.2) is 18.2 Å². The van der Waals surface area contributed by atoms with E-state index < -0.39 is 34.8 Å². The summed E-state index contributed by atoms with van der Waals surface area (Å²) in [5.41, 5.74) is -1.74. The smallest absolute Gasteiger partial charge is 0.410 e.